The van der Waals surface area contributed by atoms with Crippen molar-refractivity contribution in [3.8, 4) is 23.3 Å². The average molecular weight is 438 g/mol. The van der Waals surface area contributed by atoms with Gasteiger partial charge in [0.25, 0.3) is 0 Å². The van der Waals surface area contributed by atoms with Crippen LogP contribution >= 0.6 is 11.6 Å². The smallest absolute Gasteiger partial charge is 0.227 e. The number of nitrogens with one attached hydrogen (secondary N) is 1. The third-order valence-electron chi connectivity index (χ3n) is 4.87. The van der Waals surface area contributed by atoms with E-state index in [0.717, 1.165) is 16.8 Å². The summed E-state index contributed by atoms with van der Waals surface area (Å²) in [6.07, 6.45) is 0.512. The van der Waals surface area contributed by atoms with Gasteiger partial charge in [-0.05, 0) is 59.7 Å². The summed E-state index contributed by atoms with van der Waals surface area (Å²) in [5, 5.41) is 32.2. The fourth-order valence-electron chi connectivity index (χ4n) is 3.17. The summed E-state index contributed by atoms with van der Waals surface area (Å²) in [6.45, 7) is 0. The highest BCUT2D eigenvalue weighted by Gasteiger charge is 2.17. The molecule has 2 N–H and O–H groups in total. The molecule has 0 fully saturated rings. The van der Waals surface area contributed by atoms with Crippen LogP contribution in [0.5, 0.6) is 0 Å². The van der Waals surface area contributed by atoms with Gasteiger partial charge in [-0.25, -0.2) is 9.97 Å². The van der Waals surface area contributed by atoms with Crippen LogP contribution in [0, 0.1) is 22.7 Å². The highest BCUT2D eigenvalue weighted by atomic mass is 35.5. The van der Waals surface area contributed by atoms with Crippen molar-refractivity contribution in [2.24, 2.45) is 0 Å². The molecule has 0 radical (unpaired) electrons. The first-order chi connectivity index (χ1) is 15.6. The third-order valence-corrected chi connectivity index (χ3v) is 5.20. The molecule has 0 aliphatic heterocycles. The van der Waals surface area contributed by atoms with Gasteiger partial charge in [-0.15, -0.1) is 0 Å². The van der Waals surface area contributed by atoms with Crippen molar-refractivity contribution in [2.75, 3.05) is 5.32 Å². The number of nitriles is 2. The van der Waals surface area contributed by atoms with Crippen molar-refractivity contribution >= 4 is 23.2 Å². The maximum absolute atomic E-state index is 10.9. The first-order valence-electron chi connectivity index (χ1n) is 9.65. The normalized spacial score (nSPS) is 11.2. The largest absolute Gasteiger partial charge is 0.382 e. The van der Waals surface area contributed by atoms with Crippen molar-refractivity contribution < 1.29 is 5.11 Å². The van der Waals surface area contributed by atoms with Crippen LogP contribution in [-0.4, -0.2) is 15.1 Å². The molecule has 0 bridgehead atoms. The maximum Gasteiger partial charge on any atom is 0.227 e. The molecule has 0 amide bonds. The van der Waals surface area contributed by atoms with Crippen LogP contribution in [0.15, 0.2) is 79.0 Å². The molecule has 3 aromatic carbocycles. The lowest BCUT2D eigenvalue weighted by Crippen LogP contribution is -2.06. The molecular formula is C25H16ClN5O. The van der Waals surface area contributed by atoms with Crippen LogP contribution in [0.1, 0.15) is 28.5 Å². The van der Waals surface area contributed by atoms with Crippen LogP contribution in [0.4, 0.5) is 11.6 Å². The first-order valence-corrected chi connectivity index (χ1v) is 10.0. The predicted molar refractivity (Wildman–Crippen MR) is 122 cm³/mol. The molecule has 7 heteroatoms. The minimum Gasteiger partial charge on any atom is -0.382 e. The van der Waals surface area contributed by atoms with Gasteiger partial charge in [-0.1, -0.05) is 35.9 Å². The number of halogens is 1. The fraction of sp³-hybridized carbons (Fsp3) is 0.0400. The Morgan fingerprint density at radius 2 is 1.47 bits per heavy atom. The zero-order valence-corrected chi connectivity index (χ0v) is 17.5. The third kappa shape index (κ3) is 4.58. The molecule has 4 rings (SSSR count). The Morgan fingerprint density at radius 1 is 0.844 bits per heavy atom. The summed E-state index contributed by atoms with van der Waals surface area (Å²) >= 11 is 6.48. The van der Waals surface area contributed by atoms with Gasteiger partial charge in [0.05, 0.1) is 29.0 Å². The number of aliphatic hydroxyl groups is 1. The number of hydrogen-bond donors (Lipinski definition) is 2. The molecule has 0 saturated carbocycles. The Hall–Kier alpha value is -4.23. The quantitative estimate of drug-likeness (QED) is 0.435. The molecule has 0 unspecified atom stereocenters. The second kappa shape index (κ2) is 9.28. The summed E-state index contributed by atoms with van der Waals surface area (Å²) in [5.74, 6) is 0.316. The molecule has 0 saturated heterocycles. The number of rotatable bonds is 5. The Morgan fingerprint density at radius 3 is 2.09 bits per heavy atom. The summed E-state index contributed by atoms with van der Waals surface area (Å²) in [5.41, 5.74) is 4.57. The molecule has 0 aliphatic carbocycles. The summed E-state index contributed by atoms with van der Waals surface area (Å²) in [6, 6.07) is 25.3. The average Bonchev–Trinajstić information content (AvgIpc) is 2.84. The standard InChI is InChI=1S/C25H16ClN5O/c26-22-13-19(18-5-1-16(14-27)2-6-18)7-10-21(22)24(32)23-11-12-29-25(31-23)30-20-8-3-17(15-28)4-9-20/h1-13,24,32H,(H,29,30,31)/t24-/m1/s1. The number of hydrogen-bond acceptors (Lipinski definition) is 6. The van der Waals surface area contributed by atoms with E-state index in [1.54, 1.807) is 60.8 Å². The van der Waals surface area contributed by atoms with E-state index in [1.165, 1.54) is 0 Å². The van der Waals surface area contributed by atoms with Crippen LogP contribution in [0.25, 0.3) is 11.1 Å². The van der Waals surface area contributed by atoms with Gasteiger partial charge in [0, 0.05) is 22.5 Å². The molecular weight excluding hydrogens is 422 g/mol. The monoisotopic (exact) mass is 437 g/mol. The van der Waals surface area contributed by atoms with E-state index in [9.17, 15) is 5.11 Å². The van der Waals surface area contributed by atoms with E-state index in [4.69, 9.17) is 22.1 Å². The van der Waals surface area contributed by atoms with Crippen molar-refractivity contribution in [1.29, 1.82) is 10.5 Å². The Balaban J connectivity index is 1.55. The number of benzene rings is 3. The van der Waals surface area contributed by atoms with Crippen molar-refractivity contribution in [3.63, 3.8) is 0 Å². The Kier molecular flexibility index (Phi) is 6.10. The van der Waals surface area contributed by atoms with Gasteiger partial charge in [0.15, 0.2) is 0 Å². The van der Waals surface area contributed by atoms with Crippen LogP contribution in [-0.2, 0) is 0 Å². The summed E-state index contributed by atoms with van der Waals surface area (Å²) in [4.78, 5) is 8.59. The minimum atomic E-state index is -1.04. The predicted octanol–water partition coefficient (Wildman–Crippen LogP) is 5.37. The summed E-state index contributed by atoms with van der Waals surface area (Å²) in [7, 11) is 0. The first kappa shape index (κ1) is 21.0. The fourth-order valence-corrected chi connectivity index (χ4v) is 3.45. The highest BCUT2D eigenvalue weighted by molar-refractivity contribution is 6.31. The van der Waals surface area contributed by atoms with E-state index in [1.807, 2.05) is 18.2 Å². The number of nitrogens with zero attached hydrogens (tertiary/aromatic N) is 4. The Bertz CT molecular complexity index is 1340. The van der Waals surface area contributed by atoms with Crippen LogP contribution < -0.4 is 5.32 Å². The minimum absolute atomic E-state index is 0.316. The Labute approximate surface area is 190 Å². The molecule has 6 nitrogen and oxygen atoms in total. The van der Waals surface area contributed by atoms with Crippen molar-refractivity contribution in [1.82, 2.24) is 9.97 Å². The lowest BCUT2D eigenvalue weighted by molar-refractivity contribution is 0.215. The van der Waals surface area contributed by atoms with Crippen LogP contribution in [0.2, 0.25) is 5.02 Å². The number of aliphatic hydroxyl groups excluding tert-OH is 1. The lowest BCUT2D eigenvalue weighted by Gasteiger charge is -2.14. The van der Waals surface area contributed by atoms with Gasteiger partial charge >= 0.3 is 0 Å². The van der Waals surface area contributed by atoms with Crippen molar-refractivity contribution in [2.45, 2.75) is 6.10 Å². The molecule has 4 aromatic rings. The zero-order valence-electron chi connectivity index (χ0n) is 16.7. The second-order valence-electron chi connectivity index (χ2n) is 6.95. The van der Waals surface area contributed by atoms with E-state index in [-0.39, 0.29) is 0 Å². The van der Waals surface area contributed by atoms with E-state index < -0.39 is 6.10 Å². The summed E-state index contributed by atoms with van der Waals surface area (Å²) < 4.78 is 0. The maximum atomic E-state index is 10.9. The van der Waals surface area contributed by atoms with Gasteiger partial charge in [0.1, 0.15) is 6.10 Å². The molecule has 32 heavy (non-hydrogen) atoms. The van der Waals surface area contributed by atoms with E-state index in [2.05, 4.69) is 27.4 Å². The molecule has 1 aromatic heterocycles. The lowest BCUT2D eigenvalue weighted by atomic mass is 9.99. The van der Waals surface area contributed by atoms with E-state index in [0.29, 0.717) is 33.4 Å². The van der Waals surface area contributed by atoms with Crippen LogP contribution in [0.3, 0.4) is 0 Å². The van der Waals surface area contributed by atoms with Gasteiger partial charge in [0.2, 0.25) is 5.95 Å². The molecule has 1 atom stereocenters. The molecule has 0 spiro atoms. The van der Waals surface area contributed by atoms with E-state index >= 15 is 0 Å². The zero-order chi connectivity index (χ0) is 22.5. The van der Waals surface area contributed by atoms with Gasteiger partial charge < -0.3 is 10.4 Å². The molecule has 1 heterocycles. The number of aromatic nitrogens is 2. The molecule has 154 valence electrons. The van der Waals surface area contributed by atoms with Gasteiger partial charge in [-0.3, -0.25) is 0 Å². The topological polar surface area (TPSA) is 106 Å². The number of anilines is 2. The van der Waals surface area contributed by atoms with Crippen molar-refractivity contribution in [3.05, 3.63) is 106 Å². The van der Waals surface area contributed by atoms with Gasteiger partial charge in [-0.2, -0.15) is 10.5 Å². The SMILES string of the molecule is N#Cc1ccc(Nc2nccc([C@H](O)c3ccc(-c4ccc(C#N)cc4)cc3Cl)n2)cc1. The molecule has 0 aliphatic rings. The highest BCUT2D eigenvalue weighted by Crippen LogP contribution is 2.32. The second-order valence-corrected chi connectivity index (χ2v) is 7.35.